The van der Waals surface area contributed by atoms with Gasteiger partial charge < -0.3 is 18.9 Å². The van der Waals surface area contributed by atoms with Gasteiger partial charge in [0.1, 0.15) is 6.61 Å². The van der Waals surface area contributed by atoms with Gasteiger partial charge in [0.25, 0.3) is 0 Å². The first kappa shape index (κ1) is 54.1. The van der Waals surface area contributed by atoms with E-state index in [1.807, 2.05) is 0 Å². The molecule has 1 aliphatic carbocycles. The number of ketones is 2. The molecule has 0 N–H and O–H groups in total. The van der Waals surface area contributed by atoms with E-state index in [1.165, 1.54) is 26.7 Å². The molecular formula is C39H59NO10. The molecule has 1 fully saturated rings. The lowest BCUT2D eigenvalue weighted by Crippen LogP contribution is -2.07. The second-order valence-corrected chi connectivity index (χ2v) is 10.5. The number of esters is 4. The Bertz CT molecular complexity index is 1260. The largest absolute Gasteiger partial charge is 0.463 e. The molecule has 0 aromatic heterocycles. The number of nitrogens with zero attached hydrogens (tertiary/aromatic N) is 1. The van der Waals surface area contributed by atoms with Crippen LogP contribution in [0.1, 0.15) is 76.6 Å². The van der Waals surface area contributed by atoms with Crippen molar-refractivity contribution in [3.63, 3.8) is 0 Å². The molecule has 280 valence electrons. The average molecular weight is 702 g/mol. The van der Waals surface area contributed by atoms with Crippen molar-refractivity contribution in [2.45, 2.75) is 75.2 Å². The molecule has 0 aromatic carbocycles. The first-order valence-electron chi connectivity index (χ1n) is 15.3. The molecule has 11 nitrogen and oxygen atoms in total. The van der Waals surface area contributed by atoms with E-state index in [0.717, 1.165) is 0 Å². The second kappa shape index (κ2) is 35.0. The minimum atomic E-state index is -0.437. The minimum absolute atomic E-state index is 0. The Morgan fingerprint density at radius 1 is 0.640 bits per heavy atom. The fraction of sp³-hybridized carbons (Fsp3) is 0.436. The highest BCUT2D eigenvalue weighted by molar-refractivity contribution is 5.92. The number of Topliss-reactive ketones (excluding diaryl/α,β-unsaturated/α-hetero) is 2. The first-order valence-corrected chi connectivity index (χ1v) is 15.3. The van der Waals surface area contributed by atoms with E-state index in [-0.39, 0.29) is 44.1 Å². The third kappa shape index (κ3) is 47.1. The lowest BCUT2D eigenvalue weighted by Gasteiger charge is -2.00. The predicted molar refractivity (Wildman–Crippen MR) is 201 cm³/mol. The summed E-state index contributed by atoms with van der Waals surface area (Å²) in [7, 11) is 0. The van der Waals surface area contributed by atoms with E-state index >= 15 is 0 Å². The Labute approximate surface area is 301 Å². The van der Waals surface area contributed by atoms with Crippen LogP contribution in [0.3, 0.4) is 0 Å². The van der Waals surface area contributed by atoms with E-state index in [9.17, 15) is 28.8 Å². The van der Waals surface area contributed by atoms with Gasteiger partial charge >= 0.3 is 23.9 Å². The van der Waals surface area contributed by atoms with Gasteiger partial charge in [-0.2, -0.15) is 0 Å². The normalized spacial score (nSPS) is 9.60. The van der Waals surface area contributed by atoms with Gasteiger partial charge in [-0.3, -0.25) is 9.59 Å². The third-order valence-corrected chi connectivity index (χ3v) is 4.85. The first-order chi connectivity index (χ1) is 23.0. The van der Waals surface area contributed by atoms with Crippen molar-refractivity contribution in [1.82, 2.24) is 0 Å². The fourth-order valence-electron chi connectivity index (χ4n) is 1.47. The Morgan fingerprint density at radius 3 is 1.24 bits per heavy atom. The van der Waals surface area contributed by atoms with Gasteiger partial charge in [-0.15, -0.1) is 6.42 Å². The number of carbonyl (C=O) groups excluding carboxylic acids is 6. The van der Waals surface area contributed by atoms with Gasteiger partial charge in [-0.25, -0.2) is 24.2 Å². The molecule has 1 aliphatic rings. The maximum absolute atomic E-state index is 10.8. The number of aliphatic imine (C=N–C) groups is 1. The molecule has 0 amide bonds. The van der Waals surface area contributed by atoms with Crippen LogP contribution in [-0.4, -0.2) is 74.3 Å². The molecule has 0 aromatic rings. The third-order valence-electron chi connectivity index (χ3n) is 4.85. The van der Waals surface area contributed by atoms with Crippen molar-refractivity contribution in [2.24, 2.45) is 10.9 Å². The van der Waals surface area contributed by atoms with Crippen molar-refractivity contribution < 1.29 is 49.1 Å². The lowest BCUT2D eigenvalue weighted by atomic mass is 10.3. The van der Waals surface area contributed by atoms with Crippen LogP contribution in [-0.2, 0) is 47.7 Å². The summed E-state index contributed by atoms with van der Waals surface area (Å²) in [4.78, 5) is 66.1. The van der Waals surface area contributed by atoms with E-state index in [4.69, 9.17) is 15.9 Å². The Hall–Kier alpha value is -5.33. The zero-order valence-corrected chi connectivity index (χ0v) is 31.6. The number of rotatable bonds is 13. The molecule has 0 unspecified atom stereocenters. The average Bonchev–Trinajstić information content (AvgIpc) is 3.86. The maximum atomic E-state index is 10.8. The summed E-state index contributed by atoms with van der Waals surface area (Å²) in [6.07, 6.45) is 7.24. The van der Waals surface area contributed by atoms with Crippen LogP contribution in [0.25, 0.3) is 0 Å². The summed E-state index contributed by atoms with van der Waals surface area (Å²) >= 11 is 0. The molecular weight excluding hydrogens is 642 g/mol. The van der Waals surface area contributed by atoms with Gasteiger partial charge in [0.2, 0.25) is 0 Å². The topological polar surface area (TPSA) is 152 Å². The molecule has 0 heterocycles. The predicted octanol–water partition coefficient (Wildman–Crippen LogP) is 6.89. The van der Waals surface area contributed by atoms with E-state index in [1.54, 1.807) is 48.5 Å². The number of hydrogen-bond acceptors (Lipinski definition) is 11. The molecule has 1 saturated carbocycles. The molecule has 1 rings (SSSR count). The van der Waals surface area contributed by atoms with Crippen LogP contribution in [0, 0.1) is 18.3 Å². The van der Waals surface area contributed by atoms with Gasteiger partial charge in [0, 0.05) is 23.7 Å². The van der Waals surface area contributed by atoms with E-state index in [0.29, 0.717) is 59.1 Å². The number of hydrogen-bond donors (Lipinski definition) is 0. The highest BCUT2D eigenvalue weighted by Gasteiger charge is 2.22. The highest BCUT2D eigenvalue weighted by Crippen LogP contribution is 2.28. The van der Waals surface area contributed by atoms with E-state index < -0.39 is 5.97 Å². The number of allylic oxidation sites excluding steroid dienone is 2. The Morgan fingerprint density at radius 2 is 0.980 bits per heavy atom. The van der Waals surface area contributed by atoms with Crippen molar-refractivity contribution in [3.05, 3.63) is 79.5 Å². The van der Waals surface area contributed by atoms with Gasteiger partial charge in [-0.1, -0.05) is 45.4 Å². The Balaban J connectivity index is -0.000000120. The number of carbonyl (C=O) groups is 6. The quantitative estimate of drug-likeness (QED) is 0.0496. The fourth-order valence-corrected chi connectivity index (χ4v) is 1.47. The van der Waals surface area contributed by atoms with Crippen molar-refractivity contribution in [1.29, 1.82) is 0 Å². The zero-order valence-electron chi connectivity index (χ0n) is 31.6. The summed E-state index contributed by atoms with van der Waals surface area (Å²) in [5, 5.41) is 0. The molecule has 0 aliphatic heterocycles. The summed E-state index contributed by atoms with van der Waals surface area (Å²) in [6.45, 7) is 40.0. The minimum Gasteiger partial charge on any atom is -0.463 e. The van der Waals surface area contributed by atoms with Crippen LogP contribution in [0.4, 0.5) is 0 Å². The van der Waals surface area contributed by atoms with Gasteiger partial charge in [0.05, 0.1) is 19.8 Å². The van der Waals surface area contributed by atoms with Crippen molar-refractivity contribution in [3.8, 4) is 12.3 Å². The van der Waals surface area contributed by atoms with Crippen LogP contribution < -0.4 is 0 Å². The van der Waals surface area contributed by atoms with Crippen LogP contribution in [0.5, 0.6) is 0 Å². The molecule has 0 radical (unpaired) electrons. The van der Waals surface area contributed by atoms with Crippen molar-refractivity contribution in [2.75, 3.05) is 33.0 Å². The number of terminal acetylenes is 1. The number of ether oxygens (including phenoxy) is 4. The molecule has 0 atom stereocenters. The standard InChI is InChI=1S/C8H11NO2.C8H12O2.C7H8O2.C6H10O2.2C5H8O.H2/c1-4-9-5-6-11-8(10)7(2)3;1-6(2)8(9)10-5-7-3-4-7;1-4-5-9-7(8)6(2)3;1-4-8-6(7)5(2)3;2*1-4(2)5(3)6;/h1-2,5-6H2,3H3;7H,1,3-5H2,2H3;1H,2,5H2,3H3;2,4H2,1,3H3;2*1H2,2-3H3;1H. The van der Waals surface area contributed by atoms with Gasteiger partial charge in [-0.05, 0) is 105 Å². The van der Waals surface area contributed by atoms with Crippen LogP contribution in [0.2, 0.25) is 0 Å². The summed E-state index contributed by atoms with van der Waals surface area (Å²) in [5.74, 6) is 3.88. The van der Waals surface area contributed by atoms with Crippen LogP contribution in [0.15, 0.2) is 84.5 Å². The second-order valence-electron chi connectivity index (χ2n) is 10.5. The van der Waals surface area contributed by atoms with Crippen LogP contribution >= 0.6 is 0 Å². The Kier molecular flexibility index (Phi) is 37.9. The smallest absolute Gasteiger partial charge is 0.334 e. The molecule has 0 bridgehead atoms. The molecule has 0 spiro atoms. The summed E-state index contributed by atoms with van der Waals surface area (Å²) < 4.78 is 18.6. The summed E-state index contributed by atoms with van der Waals surface area (Å²) in [5.41, 5.74) is 2.94. The monoisotopic (exact) mass is 701 g/mol. The zero-order chi connectivity index (χ0) is 40.4. The highest BCUT2D eigenvalue weighted by atomic mass is 16.5. The SMILES string of the molecule is C#CCOC(=O)C(=C)C.C=C(C)C(=O)OCC.C=C(C)C(=O)OCC1CC1.C=C(C)C(C)=O.C=C(C)C(C)=O.C=C=NCCOC(=O)C(=C)C.[HH]. The molecule has 11 heteroatoms. The van der Waals surface area contributed by atoms with Gasteiger partial charge in [0.15, 0.2) is 18.2 Å². The molecule has 0 saturated heterocycles. The molecule has 50 heavy (non-hydrogen) atoms. The lowest BCUT2D eigenvalue weighted by molar-refractivity contribution is -0.140. The van der Waals surface area contributed by atoms with E-state index in [2.05, 4.69) is 72.3 Å². The van der Waals surface area contributed by atoms with Crippen molar-refractivity contribution >= 4 is 41.3 Å². The summed E-state index contributed by atoms with van der Waals surface area (Å²) in [6, 6.07) is 0. The maximum Gasteiger partial charge on any atom is 0.334 e.